The molecule has 0 unspecified atom stereocenters. The van der Waals surface area contributed by atoms with Gasteiger partial charge in [0.05, 0.1) is 0 Å². The molecule has 3 rings (SSSR count). The largest absolute Gasteiger partial charge is 0.349 e. The van der Waals surface area contributed by atoms with Crippen molar-refractivity contribution < 1.29 is 9.18 Å². The van der Waals surface area contributed by atoms with Crippen LogP contribution < -0.4 is 5.32 Å². The van der Waals surface area contributed by atoms with Gasteiger partial charge in [0.2, 0.25) is 0 Å². The van der Waals surface area contributed by atoms with Crippen LogP contribution in [0, 0.1) is 17.2 Å². The highest BCUT2D eigenvalue weighted by molar-refractivity contribution is 6.31. The number of carbonyl (C=O) groups is 1. The molecule has 2 aliphatic rings. The van der Waals surface area contributed by atoms with Gasteiger partial charge in [-0.1, -0.05) is 25.4 Å². The molecule has 1 aromatic carbocycles. The molecule has 5 heteroatoms. The Hall–Kier alpha value is -1.13. The molecule has 0 radical (unpaired) electrons. The molecular weight excluding hydrogens is 339 g/mol. The summed E-state index contributed by atoms with van der Waals surface area (Å²) in [6, 6.07) is 4.20. The number of amides is 1. The van der Waals surface area contributed by atoms with Crippen molar-refractivity contribution in [3.05, 3.63) is 34.6 Å². The molecule has 1 heterocycles. The molecule has 1 saturated carbocycles. The van der Waals surface area contributed by atoms with Gasteiger partial charge in [0.15, 0.2) is 0 Å². The summed E-state index contributed by atoms with van der Waals surface area (Å²) in [5.74, 6) is 0.0796. The first kappa shape index (κ1) is 18.7. The van der Waals surface area contributed by atoms with Gasteiger partial charge < -0.3 is 10.2 Å². The van der Waals surface area contributed by atoms with Crippen molar-refractivity contribution in [2.24, 2.45) is 11.3 Å². The van der Waals surface area contributed by atoms with Crippen LogP contribution >= 0.6 is 11.6 Å². The summed E-state index contributed by atoms with van der Waals surface area (Å²) in [5, 5.41) is 3.33. The van der Waals surface area contributed by atoms with Crippen LogP contribution in [0.1, 0.15) is 56.3 Å². The molecular formula is C20H28ClFN2O. The van der Waals surface area contributed by atoms with Gasteiger partial charge in [-0.05, 0) is 81.3 Å². The maximum atomic E-state index is 13.4. The molecule has 0 aromatic heterocycles. The van der Waals surface area contributed by atoms with E-state index >= 15 is 0 Å². The lowest BCUT2D eigenvalue weighted by atomic mass is 9.92. The Bertz CT molecular complexity index is 606. The summed E-state index contributed by atoms with van der Waals surface area (Å²) in [7, 11) is 0. The van der Waals surface area contributed by atoms with E-state index < -0.39 is 5.82 Å². The van der Waals surface area contributed by atoms with Crippen LogP contribution in [0.15, 0.2) is 18.2 Å². The van der Waals surface area contributed by atoms with Gasteiger partial charge in [-0.15, -0.1) is 0 Å². The molecule has 25 heavy (non-hydrogen) atoms. The standard InChI is InChI=1S/C20H28ClFN2O/c1-14(2)4-3-7-24-8-5-20(6-9-24)13-18(20)23-19(25)15-10-16(21)12-17(22)11-15/h10-12,14,18H,3-9,13H2,1-2H3,(H,23,25)/t18-/m0/s1. The monoisotopic (exact) mass is 366 g/mol. The van der Waals surface area contributed by atoms with Crippen molar-refractivity contribution in [1.82, 2.24) is 10.2 Å². The number of benzene rings is 1. The van der Waals surface area contributed by atoms with E-state index in [0.29, 0.717) is 5.56 Å². The fraction of sp³-hybridized carbons (Fsp3) is 0.650. The molecule has 1 saturated heterocycles. The van der Waals surface area contributed by atoms with E-state index in [2.05, 4.69) is 24.1 Å². The van der Waals surface area contributed by atoms with Gasteiger partial charge in [-0.3, -0.25) is 4.79 Å². The maximum absolute atomic E-state index is 13.4. The lowest BCUT2D eigenvalue weighted by Gasteiger charge is -2.33. The first-order chi connectivity index (χ1) is 11.9. The zero-order valence-electron chi connectivity index (χ0n) is 15.2. The highest BCUT2D eigenvalue weighted by atomic mass is 35.5. The van der Waals surface area contributed by atoms with Gasteiger partial charge in [0.1, 0.15) is 5.82 Å². The first-order valence-corrected chi connectivity index (χ1v) is 9.75. The fourth-order valence-corrected chi connectivity index (χ4v) is 4.20. The summed E-state index contributed by atoms with van der Waals surface area (Å²) in [4.78, 5) is 14.9. The molecule has 1 aliphatic heterocycles. The number of hydrogen-bond donors (Lipinski definition) is 1. The highest BCUT2D eigenvalue weighted by Crippen LogP contribution is 2.54. The number of nitrogens with zero attached hydrogens (tertiary/aromatic N) is 1. The fourth-order valence-electron chi connectivity index (χ4n) is 3.98. The van der Waals surface area contributed by atoms with Crippen LogP contribution in [0.5, 0.6) is 0 Å². The summed E-state index contributed by atoms with van der Waals surface area (Å²) in [5.41, 5.74) is 0.569. The normalized spacial score (nSPS) is 22.4. The summed E-state index contributed by atoms with van der Waals surface area (Å²) >= 11 is 5.84. The minimum atomic E-state index is -0.474. The van der Waals surface area contributed by atoms with Crippen molar-refractivity contribution in [1.29, 1.82) is 0 Å². The molecule has 0 bridgehead atoms. The molecule has 1 N–H and O–H groups in total. The number of carbonyl (C=O) groups excluding carboxylic acids is 1. The van der Waals surface area contributed by atoms with Crippen LogP contribution in [0.2, 0.25) is 5.02 Å². The average molecular weight is 367 g/mol. The number of piperidine rings is 1. The van der Waals surface area contributed by atoms with Crippen molar-refractivity contribution in [3.63, 3.8) is 0 Å². The van der Waals surface area contributed by atoms with E-state index in [1.165, 1.54) is 37.6 Å². The molecule has 2 fully saturated rings. The second-order valence-corrected chi connectivity index (χ2v) is 8.56. The Morgan fingerprint density at radius 1 is 1.36 bits per heavy atom. The molecule has 1 aromatic rings. The number of nitrogens with one attached hydrogen (secondary N) is 1. The number of rotatable bonds is 6. The van der Waals surface area contributed by atoms with Gasteiger partial charge in [-0.2, -0.15) is 0 Å². The summed E-state index contributed by atoms with van der Waals surface area (Å²) < 4.78 is 13.4. The first-order valence-electron chi connectivity index (χ1n) is 9.37. The maximum Gasteiger partial charge on any atom is 0.251 e. The highest BCUT2D eigenvalue weighted by Gasteiger charge is 2.55. The zero-order chi connectivity index (χ0) is 18.0. The van der Waals surface area contributed by atoms with Crippen LogP contribution in [0.3, 0.4) is 0 Å². The Balaban J connectivity index is 1.46. The Labute approximate surface area is 154 Å². The SMILES string of the molecule is CC(C)CCCN1CCC2(CC1)C[C@@H]2NC(=O)c1cc(F)cc(Cl)c1. The minimum Gasteiger partial charge on any atom is -0.349 e. The van der Waals surface area contributed by atoms with Crippen molar-refractivity contribution in [2.45, 2.75) is 52.0 Å². The topological polar surface area (TPSA) is 32.3 Å². The van der Waals surface area contributed by atoms with E-state index in [9.17, 15) is 9.18 Å². The van der Waals surface area contributed by atoms with Gasteiger partial charge in [0, 0.05) is 16.6 Å². The number of likely N-dealkylation sites (tertiary alicyclic amines) is 1. The molecule has 3 nitrogen and oxygen atoms in total. The quantitative estimate of drug-likeness (QED) is 0.803. The lowest BCUT2D eigenvalue weighted by Crippen LogP contribution is -2.39. The number of halogens is 2. The Morgan fingerprint density at radius 2 is 2.08 bits per heavy atom. The van der Waals surface area contributed by atoms with Gasteiger partial charge >= 0.3 is 0 Å². The van der Waals surface area contributed by atoms with E-state index in [1.807, 2.05) is 0 Å². The van der Waals surface area contributed by atoms with Crippen LogP contribution in [-0.4, -0.2) is 36.5 Å². The third kappa shape index (κ3) is 4.73. The van der Waals surface area contributed by atoms with Crippen molar-refractivity contribution in [3.8, 4) is 0 Å². The number of hydrogen-bond acceptors (Lipinski definition) is 2. The van der Waals surface area contributed by atoms with E-state index in [4.69, 9.17) is 11.6 Å². The van der Waals surface area contributed by atoms with E-state index in [-0.39, 0.29) is 22.4 Å². The summed E-state index contributed by atoms with van der Waals surface area (Å²) in [6.45, 7) is 7.97. The molecule has 1 aliphatic carbocycles. The zero-order valence-corrected chi connectivity index (χ0v) is 15.9. The minimum absolute atomic E-state index is 0.220. The van der Waals surface area contributed by atoms with Crippen LogP contribution in [-0.2, 0) is 0 Å². The molecule has 1 spiro atoms. The lowest BCUT2D eigenvalue weighted by molar-refractivity contribution is 0.0934. The van der Waals surface area contributed by atoms with E-state index in [1.54, 1.807) is 0 Å². The Kier molecular flexibility index (Phi) is 5.69. The van der Waals surface area contributed by atoms with Gasteiger partial charge in [0.25, 0.3) is 5.91 Å². The van der Waals surface area contributed by atoms with E-state index in [0.717, 1.165) is 38.3 Å². The predicted octanol–water partition coefficient (Wildman–Crippen LogP) is 4.50. The second kappa shape index (κ2) is 7.63. The van der Waals surface area contributed by atoms with Crippen molar-refractivity contribution >= 4 is 17.5 Å². The smallest absolute Gasteiger partial charge is 0.251 e. The third-order valence-electron chi connectivity index (χ3n) is 5.73. The van der Waals surface area contributed by atoms with Gasteiger partial charge in [-0.25, -0.2) is 4.39 Å². The summed E-state index contributed by atoms with van der Waals surface area (Å²) in [6.07, 6.45) is 5.89. The second-order valence-electron chi connectivity index (χ2n) is 8.13. The average Bonchev–Trinajstić information content (AvgIpc) is 3.20. The Morgan fingerprint density at radius 3 is 2.72 bits per heavy atom. The van der Waals surface area contributed by atoms with Crippen molar-refractivity contribution in [2.75, 3.05) is 19.6 Å². The molecule has 1 amide bonds. The molecule has 1 atom stereocenters. The van der Waals surface area contributed by atoms with Crippen LogP contribution in [0.25, 0.3) is 0 Å². The van der Waals surface area contributed by atoms with Crippen LogP contribution in [0.4, 0.5) is 4.39 Å². The molecule has 138 valence electrons. The third-order valence-corrected chi connectivity index (χ3v) is 5.95. The predicted molar refractivity (Wildman–Crippen MR) is 99.5 cm³/mol.